The van der Waals surface area contributed by atoms with Gasteiger partial charge in [-0.1, -0.05) is 6.42 Å². The molecule has 3 unspecified atom stereocenters. The van der Waals surface area contributed by atoms with Gasteiger partial charge in [-0.05, 0) is 12.8 Å². The Morgan fingerprint density at radius 3 is 1.85 bits per heavy atom. The SMILES string of the molecule is CC(=O)OCC1O[C@@H](OCCCCCP(=O)(O)O)C(OC(C)=O)C(OC(C)=O)[C@@H]1OC(C)=O. The molecule has 0 amide bonds. The van der Waals surface area contributed by atoms with Gasteiger partial charge in [-0.2, -0.15) is 0 Å². The molecule has 0 radical (unpaired) electrons. The molecular weight excluding hydrogens is 467 g/mol. The molecule has 1 aliphatic heterocycles. The predicted molar refractivity (Wildman–Crippen MR) is 109 cm³/mol. The van der Waals surface area contributed by atoms with Gasteiger partial charge in [0.05, 0.1) is 0 Å². The number of unbranched alkanes of at least 4 members (excludes halogenated alkanes) is 2. The first-order chi connectivity index (χ1) is 15.3. The van der Waals surface area contributed by atoms with Crippen LogP contribution in [0.15, 0.2) is 0 Å². The Hall–Kier alpha value is -2.05. The zero-order valence-corrected chi connectivity index (χ0v) is 19.9. The van der Waals surface area contributed by atoms with E-state index in [-0.39, 0.29) is 25.8 Å². The summed E-state index contributed by atoms with van der Waals surface area (Å²) >= 11 is 0. The predicted octanol–water partition coefficient (Wildman–Crippen LogP) is 0.434. The first-order valence-electron chi connectivity index (χ1n) is 10.3. The molecule has 0 aromatic carbocycles. The number of ether oxygens (including phenoxy) is 6. The van der Waals surface area contributed by atoms with E-state index in [1.54, 1.807) is 0 Å². The largest absolute Gasteiger partial charge is 0.463 e. The van der Waals surface area contributed by atoms with Gasteiger partial charge >= 0.3 is 31.5 Å². The van der Waals surface area contributed by atoms with Crippen molar-refractivity contribution < 1.29 is 62.0 Å². The lowest BCUT2D eigenvalue weighted by Gasteiger charge is -2.44. The first kappa shape index (κ1) is 29.0. The van der Waals surface area contributed by atoms with E-state index in [1.807, 2.05) is 0 Å². The topological polar surface area (TPSA) is 181 Å². The average molecular weight is 498 g/mol. The summed E-state index contributed by atoms with van der Waals surface area (Å²) in [5.41, 5.74) is 0. The molecular formula is C19H31O13P. The average Bonchev–Trinajstić information content (AvgIpc) is 2.65. The lowest BCUT2D eigenvalue weighted by atomic mass is 9.98. The van der Waals surface area contributed by atoms with Crippen molar-refractivity contribution >= 4 is 31.5 Å². The van der Waals surface area contributed by atoms with Crippen LogP contribution in [0.5, 0.6) is 0 Å². The normalized spacial score (nSPS) is 25.1. The van der Waals surface area contributed by atoms with Crippen LogP contribution in [0.1, 0.15) is 47.0 Å². The van der Waals surface area contributed by atoms with Crippen molar-refractivity contribution in [3.8, 4) is 0 Å². The second kappa shape index (κ2) is 13.6. The molecule has 190 valence electrons. The lowest BCUT2D eigenvalue weighted by Crippen LogP contribution is -2.63. The number of esters is 4. The maximum atomic E-state index is 11.7. The highest BCUT2D eigenvalue weighted by Gasteiger charge is 2.52. The highest BCUT2D eigenvalue weighted by molar-refractivity contribution is 7.51. The standard InChI is InChI=1S/C19H31O13P/c1-11(20)28-10-15-16(29-12(2)21)17(30-13(3)22)18(31-14(4)23)19(32-15)27-8-6-5-7-9-33(24,25)26/h15-19H,5-10H2,1-4H3,(H2,24,25,26)/t15?,16-,17?,18?,19-/m1/s1. The van der Waals surface area contributed by atoms with Crippen LogP contribution in [0.3, 0.4) is 0 Å². The van der Waals surface area contributed by atoms with Gasteiger partial charge in [-0.25, -0.2) is 0 Å². The van der Waals surface area contributed by atoms with E-state index in [2.05, 4.69) is 0 Å². The quantitative estimate of drug-likeness (QED) is 0.164. The minimum Gasteiger partial charge on any atom is -0.463 e. The van der Waals surface area contributed by atoms with E-state index in [0.717, 1.165) is 20.8 Å². The van der Waals surface area contributed by atoms with Gasteiger partial charge in [-0.15, -0.1) is 0 Å². The Morgan fingerprint density at radius 2 is 1.33 bits per heavy atom. The molecule has 1 fully saturated rings. The lowest BCUT2D eigenvalue weighted by molar-refractivity contribution is -0.308. The summed E-state index contributed by atoms with van der Waals surface area (Å²) in [5.74, 6) is -2.86. The number of carbonyl (C=O) groups excluding carboxylic acids is 4. The van der Waals surface area contributed by atoms with Crippen molar-refractivity contribution in [3.63, 3.8) is 0 Å². The highest BCUT2D eigenvalue weighted by atomic mass is 31.2. The maximum absolute atomic E-state index is 11.7. The summed E-state index contributed by atoms with van der Waals surface area (Å²) in [6, 6.07) is 0. The van der Waals surface area contributed by atoms with Crippen LogP contribution >= 0.6 is 7.60 Å². The Balaban J connectivity index is 3.03. The van der Waals surface area contributed by atoms with Crippen molar-refractivity contribution in [2.24, 2.45) is 0 Å². The van der Waals surface area contributed by atoms with Gasteiger partial charge in [0, 0.05) is 40.5 Å². The summed E-state index contributed by atoms with van der Waals surface area (Å²) < 4.78 is 43.1. The summed E-state index contributed by atoms with van der Waals surface area (Å²) in [5, 5.41) is 0. The Labute approximate surface area is 191 Å². The van der Waals surface area contributed by atoms with E-state index in [1.165, 1.54) is 6.92 Å². The number of hydrogen-bond donors (Lipinski definition) is 2. The molecule has 0 bridgehead atoms. The Kier molecular flexibility index (Phi) is 12.0. The molecule has 1 saturated heterocycles. The number of hydrogen-bond acceptors (Lipinski definition) is 11. The molecule has 2 N–H and O–H groups in total. The maximum Gasteiger partial charge on any atom is 0.325 e. The van der Waals surface area contributed by atoms with Crippen molar-refractivity contribution in [1.29, 1.82) is 0 Å². The van der Waals surface area contributed by atoms with Crippen molar-refractivity contribution in [2.45, 2.75) is 77.7 Å². The molecule has 5 atom stereocenters. The van der Waals surface area contributed by atoms with E-state index < -0.39 is 62.2 Å². The summed E-state index contributed by atoms with van der Waals surface area (Å²) in [4.78, 5) is 64.2. The van der Waals surface area contributed by atoms with E-state index in [0.29, 0.717) is 12.8 Å². The number of rotatable bonds is 12. The Morgan fingerprint density at radius 1 is 0.788 bits per heavy atom. The first-order valence-corrected chi connectivity index (χ1v) is 12.1. The van der Waals surface area contributed by atoms with E-state index in [9.17, 15) is 23.7 Å². The zero-order chi connectivity index (χ0) is 25.2. The molecule has 1 heterocycles. The fourth-order valence-electron chi connectivity index (χ4n) is 3.12. The molecule has 0 aromatic rings. The fourth-order valence-corrected chi connectivity index (χ4v) is 3.75. The third-order valence-electron chi connectivity index (χ3n) is 4.32. The third kappa shape index (κ3) is 11.6. The van der Waals surface area contributed by atoms with Gasteiger partial charge in [0.2, 0.25) is 0 Å². The van der Waals surface area contributed by atoms with Crippen molar-refractivity contribution in [1.82, 2.24) is 0 Å². The molecule has 14 heteroatoms. The van der Waals surface area contributed by atoms with Crippen LogP contribution in [0, 0.1) is 0 Å². The molecule has 13 nitrogen and oxygen atoms in total. The van der Waals surface area contributed by atoms with Crippen molar-refractivity contribution in [2.75, 3.05) is 19.4 Å². The smallest absolute Gasteiger partial charge is 0.325 e. The molecule has 0 spiro atoms. The third-order valence-corrected chi connectivity index (χ3v) is 5.22. The molecule has 0 aliphatic carbocycles. The van der Waals surface area contributed by atoms with Gasteiger partial charge < -0.3 is 38.2 Å². The molecule has 1 rings (SSSR count). The Bertz CT molecular complexity index is 733. The zero-order valence-electron chi connectivity index (χ0n) is 19.0. The fraction of sp³-hybridized carbons (Fsp3) is 0.789. The van der Waals surface area contributed by atoms with Crippen molar-refractivity contribution in [3.05, 3.63) is 0 Å². The second-order valence-corrected chi connectivity index (χ2v) is 9.16. The molecule has 33 heavy (non-hydrogen) atoms. The van der Waals surface area contributed by atoms with Crippen LogP contribution in [0.25, 0.3) is 0 Å². The summed E-state index contributed by atoms with van der Waals surface area (Å²) in [7, 11) is -4.09. The van der Waals surface area contributed by atoms with Crippen LogP contribution in [0.2, 0.25) is 0 Å². The summed E-state index contributed by atoms with van der Waals surface area (Å²) in [6.45, 7) is 4.21. The second-order valence-electron chi connectivity index (χ2n) is 7.39. The van der Waals surface area contributed by atoms with Gasteiger partial charge in [0.1, 0.15) is 12.7 Å². The van der Waals surface area contributed by atoms with Crippen LogP contribution in [0.4, 0.5) is 0 Å². The van der Waals surface area contributed by atoms with Crippen LogP contribution < -0.4 is 0 Å². The van der Waals surface area contributed by atoms with Crippen LogP contribution in [-0.4, -0.2) is 83.7 Å². The van der Waals surface area contributed by atoms with Crippen LogP contribution in [-0.2, 0) is 52.2 Å². The molecule has 0 aromatic heterocycles. The monoisotopic (exact) mass is 498 g/mol. The van der Waals surface area contributed by atoms with Gasteiger partial charge in [0.25, 0.3) is 0 Å². The van der Waals surface area contributed by atoms with Gasteiger partial charge in [0.15, 0.2) is 24.6 Å². The summed E-state index contributed by atoms with van der Waals surface area (Å²) in [6.07, 6.45) is -5.41. The van der Waals surface area contributed by atoms with Gasteiger partial charge in [-0.3, -0.25) is 23.7 Å². The molecule has 1 aliphatic rings. The minimum atomic E-state index is -4.09. The number of carbonyl (C=O) groups is 4. The molecule has 0 saturated carbocycles. The van der Waals surface area contributed by atoms with E-state index >= 15 is 0 Å². The van der Waals surface area contributed by atoms with E-state index in [4.69, 9.17) is 38.2 Å². The minimum absolute atomic E-state index is 0.0505. The highest BCUT2D eigenvalue weighted by Crippen LogP contribution is 2.35.